The number of nitrogens with zero attached hydrogens (tertiary/aromatic N) is 3. The lowest BCUT2D eigenvalue weighted by Gasteiger charge is -2.31. The summed E-state index contributed by atoms with van der Waals surface area (Å²) in [5.74, 6) is -3.17. The highest BCUT2D eigenvalue weighted by molar-refractivity contribution is 8.00. The van der Waals surface area contributed by atoms with E-state index in [0.717, 1.165) is 39.1 Å². The van der Waals surface area contributed by atoms with Crippen molar-refractivity contribution < 1.29 is 27.7 Å². The molecular weight excluding hydrogens is 679 g/mol. The molecule has 3 unspecified atom stereocenters. The van der Waals surface area contributed by atoms with Gasteiger partial charge in [-0.15, -0.1) is 0 Å². The molecule has 13 nitrogen and oxygen atoms in total. The molecule has 4 aromatic rings. The quantitative estimate of drug-likeness (QED) is 0.161. The summed E-state index contributed by atoms with van der Waals surface area (Å²) < 4.78 is 24.4. The van der Waals surface area contributed by atoms with Crippen LogP contribution in [0.1, 0.15) is 42.7 Å². The van der Waals surface area contributed by atoms with Gasteiger partial charge in [0.2, 0.25) is 27.7 Å². The summed E-state index contributed by atoms with van der Waals surface area (Å²) in [7, 11) is -3.93. The summed E-state index contributed by atoms with van der Waals surface area (Å²) in [5, 5.41) is 18.4. The molecule has 48 heavy (non-hydrogen) atoms. The molecule has 3 aromatic carbocycles. The van der Waals surface area contributed by atoms with Crippen molar-refractivity contribution in [3.63, 3.8) is 0 Å². The number of carbonyl (C=O) groups is 3. The zero-order chi connectivity index (χ0) is 34.7. The fourth-order valence-corrected chi connectivity index (χ4v) is 9.14. The second-order valence-electron chi connectivity index (χ2n) is 12.4. The van der Waals surface area contributed by atoms with Crippen LogP contribution in [-0.2, 0) is 36.4 Å². The van der Waals surface area contributed by atoms with E-state index in [1.54, 1.807) is 0 Å². The summed E-state index contributed by atoms with van der Waals surface area (Å²) in [6.45, 7) is 5.80. The molecule has 1 aromatic heterocycles. The second-order valence-corrected chi connectivity index (χ2v) is 16.1. The number of thiazole rings is 1. The Morgan fingerprint density at radius 2 is 1.58 bits per heavy atom. The largest absolute Gasteiger partial charge is 0.325 e. The molecular formula is C32H29N5O8S3. The number of non-ortho nitro benzene ring substituents is 1. The molecule has 0 saturated carbocycles. The third-order valence-corrected chi connectivity index (χ3v) is 11.8. The SMILES string of the molecule is CC(C)(C)c1ccc(C2c3sc(=O)n(CC(=O)Nc4ccc(S(N)(=O)=O)cc4)c3SC3C(=O)N(c4ccc([N+](=O)[O-])cc4)C(=O)C32)cc1. The average molecular weight is 708 g/mol. The lowest BCUT2D eigenvalue weighted by molar-refractivity contribution is -0.384. The van der Waals surface area contributed by atoms with Gasteiger partial charge in [0.15, 0.2) is 0 Å². The minimum atomic E-state index is -3.93. The van der Waals surface area contributed by atoms with Crippen LogP contribution in [-0.4, -0.2) is 40.9 Å². The van der Waals surface area contributed by atoms with E-state index in [2.05, 4.69) is 26.1 Å². The lowest BCUT2D eigenvalue weighted by Crippen LogP contribution is -2.33. The van der Waals surface area contributed by atoms with Gasteiger partial charge >= 0.3 is 4.87 Å². The third kappa shape index (κ3) is 6.07. The minimum absolute atomic E-state index is 0.130. The van der Waals surface area contributed by atoms with E-state index in [9.17, 15) is 37.7 Å². The van der Waals surface area contributed by atoms with Gasteiger partial charge in [0, 0.05) is 28.6 Å². The number of benzene rings is 3. The number of anilines is 2. The number of sulfonamides is 1. The Balaban J connectivity index is 1.38. The fourth-order valence-electron chi connectivity index (χ4n) is 5.85. The van der Waals surface area contributed by atoms with Gasteiger partial charge in [-0.2, -0.15) is 0 Å². The number of primary sulfonamides is 1. The molecule has 16 heteroatoms. The molecule has 3 atom stereocenters. The molecule has 1 saturated heterocycles. The van der Waals surface area contributed by atoms with Gasteiger partial charge in [-0.05, 0) is 52.9 Å². The first-order valence-electron chi connectivity index (χ1n) is 14.6. The first-order chi connectivity index (χ1) is 22.5. The van der Waals surface area contributed by atoms with E-state index >= 15 is 0 Å². The standard InChI is InChI=1S/C32H29N5O8S3/c1-32(2,3)18-6-4-17(5-7-18)24-25-26(29(40)36(28(25)39)20-10-12-21(13-11-20)37(42)43)46-30-27(24)47-31(41)35(30)16-23(38)34-19-8-14-22(15-9-19)48(33,44)45/h4-15,24-26H,16H2,1-3H3,(H,34,38)(H2,33,44,45). The Labute approximate surface area is 283 Å². The van der Waals surface area contributed by atoms with Gasteiger partial charge in [-0.1, -0.05) is 68.1 Å². The Kier molecular flexibility index (Phi) is 8.39. The molecule has 2 aliphatic rings. The molecule has 0 spiro atoms. The van der Waals surface area contributed by atoms with Crippen LogP contribution < -0.4 is 20.2 Å². The number of hydrogen-bond donors (Lipinski definition) is 2. The number of aromatic nitrogens is 1. The number of imide groups is 1. The first kappa shape index (κ1) is 33.3. The van der Waals surface area contributed by atoms with E-state index in [0.29, 0.717) is 9.90 Å². The van der Waals surface area contributed by atoms with Gasteiger partial charge in [0.25, 0.3) is 5.69 Å². The van der Waals surface area contributed by atoms with Gasteiger partial charge in [0.1, 0.15) is 11.8 Å². The maximum atomic E-state index is 14.1. The zero-order valence-corrected chi connectivity index (χ0v) is 28.2. The minimum Gasteiger partial charge on any atom is -0.325 e. The van der Waals surface area contributed by atoms with Crippen LogP contribution in [0.5, 0.6) is 0 Å². The highest BCUT2D eigenvalue weighted by Crippen LogP contribution is 2.54. The summed E-state index contributed by atoms with van der Waals surface area (Å²) in [6.07, 6.45) is 0. The van der Waals surface area contributed by atoms with Crippen molar-refractivity contribution in [2.24, 2.45) is 11.1 Å². The molecule has 1 fully saturated rings. The number of nitro groups is 1. The Bertz CT molecular complexity index is 2140. The highest BCUT2D eigenvalue weighted by atomic mass is 32.2. The predicted octanol–water partition coefficient (Wildman–Crippen LogP) is 4.20. The van der Waals surface area contributed by atoms with Gasteiger partial charge in [-0.25, -0.2) is 18.5 Å². The van der Waals surface area contributed by atoms with Crippen LogP contribution in [0.3, 0.4) is 0 Å². The van der Waals surface area contributed by atoms with Gasteiger partial charge < -0.3 is 5.32 Å². The van der Waals surface area contributed by atoms with E-state index in [-0.39, 0.29) is 27.4 Å². The van der Waals surface area contributed by atoms with Crippen LogP contribution in [0.25, 0.3) is 0 Å². The predicted molar refractivity (Wildman–Crippen MR) is 181 cm³/mol. The van der Waals surface area contributed by atoms with Crippen LogP contribution in [0.2, 0.25) is 0 Å². The van der Waals surface area contributed by atoms with Crippen molar-refractivity contribution in [1.29, 1.82) is 0 Å². The van der Waals surface area contributed by atoms with Gasteiger partial charge in [0.05, 0.1) is 26.5 Å². The van der Waals surface area contributed by atoms with Crippen molar-refractivity contribution in [2.45, 2.75) is 53.8 Å². The first-order valence-corrected chi connectivity index (χ1v) is 17.8. The highest BCUT2D eigenvalue weighted by Gasteiger charge is 2.57. The third-order valence-electron chi connectivity index (χ3n) is 8.27. The van der Waals surface area contributed by atoms with E-state index in [1.165, 1.54) is 53.1 Å². The van der Waals surface area contributed by atoms with Crippen LogP contribution in [0, 0.1) is 16.0 Å². The average Bonchev–Trinajstić information content (AvgIpc) is 3.46. The Morgan fingerprint density at radius 3 is 2.15 bits per heavy atom. The number of nitro benzene ring substituents is 1. The second kappa shape index (κ2) is 12.1. The molecule has 3 amide bonds. The Morgan fingerprint density at radius 1 is 0.958 bits per heavy atom. The van der Waals surface area contributed by atoms with Crippen molar-refractivity contribution in [1.82, 2.24) is 4.57 Å². The number of thioether (sulfide) groups is 1. The lowest BCUT2D eigenvalue weighted by atomic mass is 9.81. The maximum absolute atomic E-state index is 14.1. The maximum Gasteiger partial charge on any atom is 0.308 e. The van der Waals surface area contributed by atoms with Crippen molar-refractivity contribution >= 4 is 67.9 Å². The fraction of sp³-hybridized carbons (Fsp3) is 0.250. The number of rotatable bonds is 7. The smallest absolute Gasteiger partial charge is 0.308 e. The number of nitrogens with one attached hydrogen (secondary N) is 1. The summed E-state index contributed by atoms with van der Waals surface area (Å²) in [6, 6.07) is 18.1. The number of amides is 3. The van der Waals surface area contributed by atoms with Gasteiger partial charge in [-0.3, -0.25) is 33.9 Å². The van der Waals surface area contributed by atoms with Crippen molar-refractivity contribution in [3.8, 4) is 0 Å². The van der Waals surface area contributed by atoms with Crippen molar-refractivity contribution in [2.75, 3.05) is 10.2 Å². The monoisotopic (exact) mass is 707 g/mol. The topological polar surface area (TPSA) is 192 Å². The molecule has 0 bridgehead atoms. The molecule has 6 rings (SSSR count). The van der Waals surface area contributed by atoms with E-state index in [1.807, 2.05) is 24.3 Å². The Hall–Kier alpha value is -4.64. The number of fused-ring (bicyclic) bond motifs is 2. The van der Waals surface area contributed by atoms with Crippen molar-refractivity contribution in [3.05, 3.63) is 109 Å². The molecule has 0 radical (unpaired) electrons. The summed E-state index contributed by atoms with van der Waals surface area (Å²) in [5.41, 5.74) is 1.91. The van der Waals surface area contributed by atoms with Crippen LogP contribution >= 0.6 is 23.1 Å². The summed E-state index contributed by atoms with van der Waals surface area (Å²) in [4.78, 5) is 66.3. The molecule has 3 N–H and O–H groups in total. The zero-order valence-electron chi connectivity index (χ0n) is 25.8. The molecule has 3 heterocycles. The molecule has 248 valence electrons. The summed E-state index contributed by atoms with van der Waals surface area (Å²) >= 11 is 1.95. The van der Waals surface area contributed by atoms with Crippen LogP contribution in [0.15, 0.2) is 87.5 Å². The molecule has 0 aliphatic carbocycles. The normalized spacial score (nSPS) is 19.2. The number of carbonyl (C=O) groups excluding carboxylic acids is 3. The van der Waals surface area contributed by atoms with E-state index < -0.39 is 61.2 Å². The number of nitrogens with two attached hydrogens (primary N) is 1. The molecule has 2 aliphatic heterocycles. The number of hydrogen-bond acceptors (Lipinski definition) is 10. The van der Waals surface area contributed by atoms with E-state index in [4.69, 9.17) is 5.14 Å². The van der Waals surface area contributed by atoms with Crippen LogP contribution in [0.4, 0.5) is 17.1 Å².